The summed E-state index contributed by atoms with van der Waals surface area (Å²) in [5.74, 6) is 0.966. The van der Waals surface area contributed by atoms with Crippen LogP contribution in [0.25, 0.3) is 33.8 Å². The second kappa shape index (κ2) is 8.59. The summed E-state index contributed by atoms with van der Waals surface area (Å²) < 4.78 is 5.14. The number of nitrogens with zero attached hydrogens (tertiary/aromatic N) is 3. The van der Waals surface area contributed by atoms with Gasteiger partial charge in [-0.2, -0.15) is 0 Å². The minimum absolute atomic E-state index is 0.0615. The van der Waals surface area contributed by atoms with Gasteiger partial charge in [-0.3, -0.25) is 9.97 Å². The second-order valence-electron chi connectivity index (χ2n) is 8.42. The number of halogens is 1. The summed E-state index contributed by atoms with van der Waals surface area (Å²) in [5.41, 5.74) is 5.18. The molecule has 0 unspecified atom stereocenters. The van der Waals surface area contributed by atoms with Crippen molar-refractivity contribution in [3.63, 3.8) is 0 Å². The molecule has 0 bridgehead atoms. The van der Waals surface area contributed by atoms with E-state index >= 15 is 0 Å². The van der Waals surface area contributed by atoms with E-state index in [0.717, 1.165) is 22.3 Å². The van der Waals surface area contributed by atoms with E-state index in [-0.39, 0.29) is 11.2 Å². The van der Waals surface area contributed by atoms with Crippen LogP contribution in [0.5, 0.6) is 5.75 Å². The van der Waals surface area contributed by atoms with Gasteiger partial charge >= 0.3 is 6.09 Å². The Morgan fingerprint density at radius 1 is 1.12 bits per heavy atom. The van der Waals surface area contributed by atoms with Gasteiger partial charge in [-0.25, -0.2) is 9.78 Å². The lowest BCUT2D eigenvalue weighted by Crippen LogP contribution is -2.26. The zero-order valence-corrected chi connectivity index (χ0v) is 19.1. The van der Waals surface area contributed by atoms with E-state index in [4.69, 9.17) is 16.3 Å². The van der Waals surface area contributed by atoms with E-state index in [1.165, 1.54) is 11.8 Å². The van der Waals surface area contributed by atoms with Gasteiger partial charge in [0.15, 0.2) is 11.6 Å². The monoisotopic (exact) mass is 449 g/mol. The Labute approximate surface area is 191 Å². The number of hydrogen-bond acceptors (Lipinski definition) is 5. The summed E-state index contributed by atoms with van der Waals surface area (Å²) in [4.78, 5) is 28.5. The van der Waals surface area contributed by atoms with Crippen molar-refractivity contribution in [2.75, 3.05) is 6.54 Å². The number of benzene rings is 1. The summed E-state index contributed by atoms with van der Waals surface area (Å²) in [6.45, 7) is 8.83. The molecule has 8 heteroatoms. The molecule has 0 fully saturated rings. The van der Waals surface area contributed by atoms with Crippen LogP contribution in [0.1, 0.15) is 33.3 Å². The number of carbonyl (C=O) groups excluding carboxylic acids is 1. The molecule has 2 N–H and O–H groups in total. The van der Waals surface area contributed by atoms with Crippen LogP contribution in [0.3, 0.4) is 0 Å². The molecule has 32 heavy (non-hydrogen) atoms. The average Bonchev–Trinajstić information content (AvgIpc) is 3.17. The van der Waals surface area contributed by atoms with Crippen LogP contribution in [-0.4, -0.2) is 32.6 Å². The number of hydrogen-bond donors (Lipinski definition) is 2. The lowest BCUT2D eigenvalue weighted by Gasteiger charge is -2.18. The van der Waals surface area contributed by atoms with Crippen LogP contribution >= 0.6 is 11.6 Å². The van der Waals surface area contributed by atoms with E-state index in [0.29, 0.717) is 23.1 Å². The normalized spacial score (nSPS) is 11.5. The summed E-state index contributed by atoms with van der Waals surface area (Å²) in [6.07, 6.45) is 2.60. The first-order chi connectivity index (χ1) is 15.2. The number of amides is 1. The first-order valence-electron chi connectivity index (χ1n) is 10.3. The molecule has 0 saturated heterocycles. The Bertz CT molecular complexity index is 1280. The molecular weight excluding hydrogens is 426 g/mol. The fraction of sp³-hybridized carbons (Fsp3) is 0.250. The fourth-order valence-corrected chi connectivity index (χ4v) is 3.51. The van der Waals surface area contributed by atoms with Gasteiger partial charge < -0.3 is 15.0 Å². The predicted molar refractivity (Wildman–Crippen MR) is 126 cm³/mol. The Morgan fingerprint density at radius 3 is 2.59 bits per heavy atom. The second-order valence-corrected chi connectivity index (χ2v) is 8.83. The third-order valence-corrected chi connectivity index (χ3v) is 5.26. The number of fused-ring (bicyclic) bond motifs is 1. The van der Waals surface area contributed by atoms with Crippen LogP contribution < -0.4 is 10.1 Å². The highest BCUT2D eigenvalue weighted by Crippen LogP contribution is 2.30. The number of imidazole rings is 1. The number of ether oxygens (including phenoxy) is 1. The van der Waals surface area contributed by atoms with E-state index in [9.17, 15) is 4.79 Å². The molecule has 3 heterocycles. The van der Waals surface area contributed by atoms with Gasteiger partial charge in [0.1, 0.15) is 5.69 Å². The van der Waals surface area contributed by atoms with E-state index in [1.807, 2.05) is 18.2 Å². The lowest BCUT2D eigenvalue weighted by molar-refractivity contribution is 0.201. The van der Waals surface area contributed by atoms with Crippen molar-refractivity contribution in [1.29, 1.82) is 0 Å². The largest absolute Gasteiger partial charge is 0.412 e. The molecule has 4 rings (SSSR count). The van der Waals surface area contributed by atoms with Gasteiger partial charge in [0.05, 0.1) is 27.9 Å². The van der Waals surface area contributed by atoms with Crippen LogP contribution in [0.15, 0.2) is 48.8 Å². The van der Waals surface area contributed by atoms with Crippen molar-refractivity contribution in [3.8, 4) is 28.5 Å². The fourth-order valence-electron chi connectivity index (χ4n) is 3.25. The zero-order valence-electron chi connectivity index (χ0n) is 18.4. The minimum Gasteiger partial charge on any atom is -0.409 e. The third kappa shape index (κ3) is 4.57. The number of H-pyrrole nitrogens is 1. The maximum absolute atomic E-state index is 11.6. The molecule has 7 nitrogen and oxygen atoms in total. The van der Waals surface area contributed by atoms with Crippen molar-refractivity contribution in [1.82, 2.24) is 25.3 Å². The molecule has 0 aliphatic heterocycles. The van der Waals surface area contributed by atoms with Gasteiger partial charge in [0.25, 0.3) is 0 Å². The van der Waals surface area contributed by atoms with Crippen LogP contribution in [-0.2, 0) is 5.41 Å². The standard InChI is InChI=1S/C24H24ClN5O2/c1-5-26-23(31)32-16-11-17(25)21(28-13-16)14-6-8-19(27-12-14)22-29-18-9-7-15(24(2,3)4)10-20(18)30-22/h6-13H,5H2,1-4H3,(H,26,31)(H,29,30). The summed E-state index contributed by atoms with van der Waals surface area (Å²) in [5, 5.41) is 2.91. The van der Waals surface area contributed by atoms with Gasteiger partial charge in [-0.1, -0.05) is 38.4 Å². The molecule has 3 aromatic heterocycles. The quantitative estimate of drug-likeness (QED) is 0.414. The van der Waals surface area contributed by atoms with Gasteiger partial charge in [-0.15, -0.1) is 0 Å². The van der Waals surface area contributed by atoms with E-state index in [2.05, 4.69) is 58.2 Å². The molecule has 0 atom stereocenters. The van der Waals surface area contributed by atoms with Crippen molar-refractivity contribution in [3.05, 3.63) is 59.4 Å². The van der Waals surface area contributed by atoms with Gasteiger partial charge in [0, 0.05) is 24.4 Å². The molecule has 4 aromatic rings. The van der Waals surface area contributed by atoms with E-state index < -0.39 is 6.09 Å². The molecule has 0 spiro atoms. The summed E-state index contributed by atoms with van der Waals surface area (Å²) in [6, 6.07) is 11.6. The maximum atomic E-state index is 11.6. The molecule has 0 radical (unpaired) electrons. The average molecular weight is 450 g/mol. The summed E-state index contributed by atoms with van der Waals surface area (Å²) >= 11 is 6.37. The Morgan fingerprint density at radius 2 is 1.94 bits per heavy atom. The first-order valence-corrected chi connectivity index (χ1v) is 10.7. The number of carbonyl (C=O) groups is 1. The van der Waals surface area contributed by atoms with Crippen LogP contribution in [0, 0.1) is 0 Å². The molecule has 0 saturated carbocycles. The molecular formula is C24H24ClN5O2. The molecule has 1 amide bonds. The first kappa shape index (κ1) is 21.8. The molecule has 0 aliphatic carbocycles. The third-order valence-electron chi connectivity index (χ3n) is 4.98. The highest BCUT2D eigenvalue weighted by atomic mass is 35.5. The zero-order chi connectivity index (χ0) is 22.9. The number of aromatic nitrogens is 4. The Balaban J connectivity index is 1.57. The summed E-state index contributed by atoms with van der Waals surface area (Å²) in [7, 11) is 0. The highest BCUT2D eigenvalue weighted by molar-refractivity contribution is 6.33. The highest BCUT2D eigenvalue weighted by Gasteiger charge is 2.16. The molecule has 1 aromatic carbocycles. The number of pyridine rings is 2. The van der Waals surface area contributed by atoms with Crippen LogP contribution in [0.2, 0.25) is 5.02 Å². The Kier molecular flexibility index (Phi) is 5.84. The van der Waals surface area contributed by atoms with Gasteiger partial charge in [-0.05, 0) is 42.2 Å². The smallest absolute Gasteiger partial charge is 0.409 e. The lowest BCUT2D eigenvalue weighted by atomic mass is 9.87. The number of aromatic amines is 1. The van der Waals surface area contributed by atoms with Crippen molar-refractivity contribution in [2.45, 2.75) is 33.1 Å². The molecule has 164 valence electrons. The molecule has 0 aliphatic rings. The van der Waals surface area contributed by atoms with Gasteiger partial charge in [0.2, 0.25) is 0 Å². The number of nitrogens with one attached hydrogen (secondary N) is 2. The maximum Gasteiger partial charge on any atom is 0.412 e. The van der Waals surface area contributed by atoms with Crippen molar-refractivity contribution in [2.24, 2.45) is 0 Å². The van der Waals surface area contributed by atoms with Crippen LogP contribution in [0.4, 0.5) is 4.79 Å². The predicted octanol–water partition coefficient (Wildman–Crippen LogP) is 5.75. The topological polar surface area (TPSA) is 92.8 Å². The Hall–Kier alpha value is -3.45. The number of rotatable bonds is 4. The van der Waals surface area contributed by atoms with Crippen molar-refractivity contribution >= 4 is 28.7 Å². The van der Waals surface area contributed by atoms with Crippen molar-refractivity contribution < 1.29 is 9.53 Å². The SMILES string of the molecule is CCNC(=O)Oc1cnc(-c2ccc(-c3nc4ccc(C(C)(C)C)cc4[nH]3)nc2)c(Cl)c1. The van der Waals surface area contributed by atoms with E-state index in [1.54, 1.807) is 19.2 Å². The minimum atomic E-state index is -0.551.